The van der Waals surface area contributed by atoms with Crippen molar-refractivity contribution in [3.8, 4) is 0 Å². The molecule has 19 heavy (non-hydrogen) atoms. The Labute approximate surface area is 116 Å². The number of likely N-dealkylation sites (tertiary alicyclic amines) is 1. The first kappa shape index (κ1) is 16.0. The van der Waals surface area contributed by atoms with Gasteiger partial charge in [-0.2, -0.15) is 0 Å². The summed E-state index contributed by atoms with van der Waals surface area (Å²) in [6, 6.07) is -0.293. The van der Waals surface area contributed by atoms with Crippen molar-refractivity contribution in [3.63, 3.8) is 0 Å². The molecule has 4 nitrogen and oxygen atoms in total. The number of hydrogen-bond donors (Lipinski definition) is 0. The molecule has 0 saturated carbocycles. The highest BCUT2D eigenvalue weighted by atomic mass is 16.6. The number of amides is 1. The average molecular weight is 269 g/mol. The van der Waals surface area contributed by atoms with Crippen molar-refractivity contribution in [1.82, 2.24) is 4.90 Å². The number of ether oxygens (including phenoxy) is 1. The summed E-state index contributed by atoms with van der Waals surface area (Å²) >= 11 is 0. The van der Waals surface area contributed by atoms with Gasteiger partial charge < -0.3 is 4.74 Å². The van der Waals surface area contributed by atoms with E-state index >= 15 is 0 Å². The van der Waals surface area contributed by atoms with Crippen molar-refractivity contribution in [3.05, 3.63) is 0 Å². The summed E-state index contributed by atoms with van der Waals surface area (Å²) in [7, 11) is 0. The number of nitrogens with zero attached hydrogens (tertiary/aromatic N) is 1. The zero-order valence-corrected chi connectivity index (χ0v) is 12.9. The summed E-state index contributed by atoms with van der Waals surface area (Å²) in [5.74, 6) is 0.182. The molecule has 0 aromatic carbocycles. The second-order valence-electron chi connectivity index (χ2n) is 6.40. The minimum atomic E-state index is -0.515. The molecule has 0 aromatic heterocycles. The maximum absolute atomic E-state index is 12.4. The SMILES string of the molecule is CCC(C)C(=O)C1CCCCN1C(=O)OC(C)(C)C. The highest BCUT2D eigenvalue weighted by Crippen LogP contribution is 2.23. The molecule has 2 atom stereocenters. The van der Waals surface area contributed by atoms with E-state index in [4.69, 9.17) is 4.74 Å². The van der Waals surface area contributed by atoms with E-state index in [1.54, 1.807) is 4.90 Å². The van der Waals surface area contributed by atoms with Gasteiger partial charge in [-0.1, -0.05) is 13.8 Å². The second kappa shape index (κ2) is 6.40. The molecule has 0 spiro atoms. The van der Waals surface area contributed by atoms with Gasteiger partial charge in [0.1, 0.15) is 5.60 Å². The van der Waals surface area contributed by atoms with Crippen LogP contribution in [0.3, 0.4) is 0 Å². The predicted octanol–water partition coefficient (Wildman–Crippen LogP) is 3.39. The molecule has 0 N–H and O–H groups in total. The molecular weight excluding hydrogens is 242 g/mol. The van der Waals surface area contributed by atoms with Crippen LogP contribution in [-0.4, -0.2) is 35.0 Å². The zero-order chi connectivity index (χ0) is 14.6. The maximum atomic E-state index is 12.4. The molecule has 110 valence electrons. The Morgan fingerprint density at radius 3 is 2.47 bits per heavy atom. The van der Waals surface area contributed by atoms with Gasteiger partial charge in [0, 0.05) is 12.5 Å². The normalized spacial score (nSPS) is 21.9. The molecule has 2 unspecified atom stereocenters. The van der Waals surface area contributed by atoms with Crippen LogP contribution in [0.4, 0.5) is 4.79 Å². The van der Waals surface area contributed by atoms with Crippen LogP contribution in [0.2, 0.25) is 0 Å². The zero-order valence-electron chi connectivity index (χ0n) is 12.9. The number of carbonyl (C=O) groups is 2. The summed E-state index contributed by atoms with van der Waals surface area (Å²) in [4.78, 5) is 26.2. The van der Waals surface area contributed by atoms with Crippen LogP contribution in [0.5, 0.6) is 0 Å². The van der Waals surface area contributed by atoms with Crippen LogP contribution >= 0.6 is 0 Å². The maximum Gasteiger partial charge on any atom is 0.410 e. The van der Waals surface area contributed by atoms with E-state index in [1.807, 2.05) is 34.6 Å². The Bertz CT molecular complexity index is 333. The topological polar surface area (TPSA) is 46.6 Å². The molecule has 1 aliphatic heterocycles. The highest BCUT2D eigenvalue weighted by Gasteiger charge is 2.35. The summed E-state index contributed by atoms with van der Waals surface area (Å²) in [5, 5.41) is 0. The Balaban J connectivity index is 2.78. The van der Waals surface area contributed by atoms with Gasteiger partial charge in [-0.3, -0.25) is 9.69 Å². The van der Waals surface area contributed by atoms with Gasteiger partial charge in [0.2, 0.25) is 0 Å². The quantitative estimate of drug-likeness (QED) is 0.789. The van der Waals surface area contributed by atoms with Gasteiger partial charge in [-0.15, -0.1) is 0 Å². The Hall–Kier alpha value is -1.06. The third-order valence-electron chi connectivity index (χ3n) is 3.56. The van der Waals surface area contributed by atoms with Crippen molar-refractivity contribution in [2.24, 2.45) is 5.92 Å². The van der Waals surface area contributed by atoms with Crippen molar-refractivity contribution in [2.75, 3.05) is 6.54 Å². The minimum absolute atomic E-state index is 0.00744. The lowest BCUT2D eigenvalue weighted by Gasteiger charge is -2.36. The first-order chi connectivity index (χ1) is 8.76. The van der Waals surface area contributed by atoms with Crippen molar-refractivity contribution in [2.45, 2.75) is 71.9 Å². The van der Waals surface area contributed by atoms with Crippen molar-refractivity contribution >= 4 is 11.9 Å². The third kappa shape index (κ3) is 4.51. The average Bonchev–Trinajstić information content (AvgIpc) is 2.35. The van der Waals surface area contributed by atoms with Gasteiger partial charge in [0.15, 0.2) is 5.78 Å². The fraction of sp³-hybridized carbons (Fsp3) is 0.867. The second-order valence-corrected chi connectivity index (χ2v) is 6.40. The molecule has 1 aliphatic rings. The van der Waals surface area contributed by atoms with Gasteiger partial charge in [-0.25, -0.2) is 4.79 Å². The first-order valence-corrected chi connectivity index (χ1v) is 7.29. The summed E-state index contributed by atoms with van der Waals surface area (Å²) in [6.45, 7) is 10.1. The molecule has 1 amide bonds. The summed E-state index contributed by atoms with van der Waals surface area (Å²) in [5.41, 5.74) is -0.515. The van der Waals surface area contributed by atoms with Crippen molar-refractivity contribution in [1.29, 1.82) is 0 Å². The lowest BCUT2D eigenvalue weighted by molar-refractivity contribution is -0.129. The summed E-state index contributed by atoms with van der Waals surface area (Å²) in [6.07, 6.45) is 3.18. The van der Waals surface area contributed by atoms with E-state index < -0.39 is 5.60 Å². The van der Waals surface area contributed by atoms with E-state index in [0.717, 1.165) is 25.7 Å². The van der Waals surface area contributed by atoms with Crippen LogP contribution in [0.1, 0.15) is 60.3 Å². The molecule has 1 rings (SSSR count). The number of hydrogen-bond acceptors (Lipinski definition) is 3. The molecule has 0 bridgehead atoms. The smallest absolute Gasteiger partial charge is 0.410 e. The predicted molar refractivity (Wildman–Crippen MR) is 75.0 cm³/mol. The lowest BCUT2D eigenvalue weighted by atomic mass is 9.91. The molecule has 4 heteroatoms. The fourth-order valence-electron chi connectivity index (χ4n) is 2.30. The number of piperidine rings is 1. The standard InChI is InChI=1S/C15H27NO3/c1-6-11(2)13(17)12-9-7-8-10-16(12)14(18)19-15(3,4)5/h11-12H,6-10H2,1-5H3. The monoisotopic (exact) mass is 269 g/mol. The molecule has 1 heterocycles. The Kier molecular flexibility index (Phi) is 5.39. The van der Waals surface area contributed by atoms with Crippen LogP contribution in [0, 0.1) is 5.92 Å². The Morgan fingerprint density at radius 1 is 1.32 bits per heavy atom. The molecule has 1 fully saturated rings. The third-order valence-corrected chi connectivity index (χ3v) is 3.56. The van der Waals surface area contributed by atoms with E-state index in [2.05, 4.69) is 0 Å². The molecule has 0 aromatic rings. The molecular formula is C15H27NO3. The molecule has 0 radical (unpaired) electrons. The first-order valence-electron chi connectivity index (χ1n) is 7.29. The van der Waals surface area contributed by atoms with E-state index in [1.165, 1.54) is 0 Å². The van der Waals surface area contributed by atoms with E-state index in [-0.39, 0.29) is 23.8 Å². The fourth-order valence-corrected chi connectivity index (χ4v) is 2.30. The molecule has 1 saturated heterocycles. The minimum Gasteiger partial charge on any atom is -0.444 e. The van der Waals surface area contributed by atoms with Crippen LogP contribution in [-0.2, 0) is 9.53 Å². The number of Topliss-reactive ketones (excluding diaryl/α,β-unsaturated/α-hetero) is 1. The van der Waals surface area contributed by atoms with Gasteiger partial charge >= 0.3 is 6.09 Å². The Morgan fingerprint density at radius 2 is 1.95 bits per heavy atom. The van der Waals surface area contributed by atoms with Gasteiger partial charge in [0.25, 0.3) is 0 Å². The van der Waals surface area contributed by atoms with Crippen molar-refractivity contribution < 1.29 is 14.3 Å². The number of rotatable bonds is 3. The summed E-state index contributed by atoms with van der Waals surface area (Å²) < 4.78 is 5.41. The largest absolute Gasteiger partial charge is 0.444 e. The van der Waals surface area contributed by atoms with Crippen LogP contribution in [0.25, 0.3) is 0 Å². The lowest BCUT2D eigenvalue weighted by Crippen LogP contribution is -2.50. The number of carbonyl (C=O) groups excluding carboxylic acids is 2. The van der Waals surface area contributed by atoms with Gasteiger partial charge in [-0.05, 0) is 46.5 Å². The highest BCUT2D eigenvalue weighted by molar-refractivity contribution is 5.89. The van der Waals surface area contributed by atoms with Crippen LogP contribution < -0.4 is 0 Å². The van der Waals surface area contributed by atoms with E-state index in [9.17, 15) is 9.59 Å². The molecule has 0 aliphatic carbocycles. The van der Waals surface area contributed by atoms with Gasteiger partial charge in [0.05, 0.1) is 6.04 Å². The van der Waals surface area contributed by atoms with E-state index in [0.29, 0.717) is 6.54 Å². The number of ketones is 1. The van der Waals surface area contributed by atoms with Crippen LogP contribution in [0.15, 0.2) is 0 Å².